The van der Waals surface area contributed by atoms with E-state index in [0.29, 0.717) is 6.42 Å². The lowest BCUT2D eigenvalue weighted by Crippen LogP contribution is -2.33. The van der Waals surface area contributed by atoms with Gasteiger partial charge in [-0.25, -0.2) is 0 Å². The van der Waals surface area contributed by atoms with Crippen LogP contribution in [0.4, 0.5) is 0 Å². The summed E-state index contributed by atoms with van der Waals surface area (Å²) in [5.41, 5.74) is 2.20. The number of rotatable bonds is 4. The number of hydrogen-bond acceptors (Lipinski definition) is 3. The van der Waals surface area contributed by atoms with Crippen molar-refractivity contribution in [1.82, 2.24) is 0 Å². The summed E-state index contributed by atoms with van der Waals surface area (Å²) in [6.07, 6.45) is 4.63. The van der Waals surface area contributed by atoms with E-state index in [9.17, 15) is 0 Å². The molecule has 0 spiro atoms. The monoisotopic (exact) mass is 246 g/mol. The van der Waals surface area contributed by atoms with Crippen LogP contribution in [0.3, 0.4) is 0 Å². The molecule has 1 aromatic carbocycles. The van der Waals surface area contributed by atoms with Crippen LogP contribution in [0.1, 0.15) is 12.0 Å². The fourth-order valence-corrected chi connectivity index (χ4v) is 2.10. The van der Waals surface area contributed by atoms with Crippen LogP contribution in [0.2, 0.25) is 0 Å². The van der Waals surface area contributed by atoms with Crippen molar-refractivity contribution in [2.24, 2.45) is 0 Å². The molecule has 0 fully saturated rings. The molecule has 0 saturated heterocycles. The fourth-order valence-electron chi connectivity index (χ4n) is 2.10. The number of ether oxygens (including phenoxy) is 3. The van der Waals surface area contributed by atoms with E-state index in [2.05, 4.69) is 18.2 Å². The molecule has 0 N–H and O–H groups in total. The molecule has 0 heterocycles. The van der Waals surface area contributed by atoms with Crippen LogP contribution in [0, 0.1) is 0 Å². The summed E-state index contributed by atoms with van der Waals surface area (Å²) in [6.45, 7) is 0. The predicted octanol–water partition coefficient (Wildman–Crippen LogP) is 2.99. The summed E-state index contributed by atoms with van der Waals surface area (Å²) in [5.74, 6) is 0.0556. The highest BCUT2D eigenvalue weighted by Crippen LogP contribution is 2.34. The van der Waals surface area contributed by atoms with Gasteiger partial charge in [-0.15, -0.1) is 0 Å². The third kappa shape index (κ3) is 2.33. The maximum Gasteiger partial charge on any atom is 0.194 e. The average molecular weight is 246 g/mol. The molecule has 1 aliphatic carbocycles. The van der Waals surface area contributed by atoms with Crippen molar-refractivity contribution >= 4 is 5.57 Å². The first kappa shape index (κ1) is 12.9. The van der Waals surface area contributed by atoms with Gasteiger partial charge < -0.3 is 14.2 Å². The molecule has 0 atom stereocenters. The van der Waals surface area contributed by atoms with Crippen LogP contribution >= 0.6 is 0 Å². The zero-order valence-corrected chi connectivity index (χ0v) is 11.0. The molecular formula is C15H18O3. The average Bonchev–Trinajstić information content (AvgIpc) is 2.47. The first-order valence-electron chi connectivity index (χ1n) is 5.88. The van der Waals surface area contributed by atoms with Gasteiger partial charge in [0.15, 0.2) is 5.79 Å². The Balaban J connectivity index is 2.36. The Kier molecular flexibility index (Phi) is 3.84. The molecule has 3 nitrogen and oxygen atoms in total. The lowest BCUT2D eigenvalue weighted by molar-refractivity contribution is -0.169. The van der Waals surface area contributed by atoms with E-state index in [1.165, 1.54) is 0 Å². The summed E-state index contributed by atoms with van der Waals surface area (Å²) in [5, 5.41) is 0. The highest BCUT2D eigenvalue weighted by molar-refractivity contribution is 5.78. The summed E-state index contributed by atoms with van der Waals surface area (Å²) < 4.78 is 16.3. The van der Waals surface area contributed by atoms with Gasteiger partial charge in [0.05, 0.1) is 7.11 Å². The maximum absolute atomic E-state index is 5.45. The van der Waals surface area contributed by atoms with Crippen molar-refractivity contribution in [3.63, 3.8) is 0 Å². The van der Waals surface area contributed by atoms with E-state index < -0.39 is 5.79 Å². The molecule has 0 radical (unpaired) electrons. The first-order chi connectivity index (χ1) is 8.74. The lowest BCUT2D eigenvalue weighted by Gasteiger charge is -2.31. The molecule has 0 bridgehead atoms. The van der Waals surface area contributed by atoms with Crippen LogP contribution in [-0.2, 0) is 14.2 Å². The minimum atomic E-state index is -0.719. The smallest absolute Gasteiger partial charge is 0.194 e. The second-order valence-corrected chi connectivity index (χ2v) is 4.12. The summed E-state index contributed by atoms with van der Waals surface area (Å²) in [7, 11) is 4.92. The summed E-state index contributed by atoms with van der Waals surface area (Å²) >= 11 is 0. The molecule has 0 amide bonds. The number of allylic oxidation sites excluding steroid dienone is 1. The first-order valence-corrected chi connectivity index (χ1v) is 5.88. The Morgan fingerprint density at radius 2 is 1.67 bits per heavy atom. The second kappa shape index (κ2) is 5.38. The van der Waals surface area contributed by atoms with Crippen molar-refractivity contribution in [2.45, 2.75) is 12.2 Å². The molecule has 0 unspecified atom stereocenters. The van der Waals surface area contributed by atoms with Crippen LogP contribution in [0.15, 0.2) is 48.2 Å². The van der Waals surface area contributed by atoms with Gasteiger partial charge in [0.2, 0.25) is 0 Å². The van der Waals surface area contributed by atoms with Gasteiger partial charge >= 0.3 is 0 Å². The molecule has 0 aromatic heterocycles. The molecule has 0 saturated carbocycles. The van der Waals surface area contributed by atoms with Crippen LogP contribution in [-0.4, -0.2) is 27.1 Å². The Morgan fingerprint density at radius 1 is 1.00 bits per heavy atom. The Labute approximate surface area is 108 Å². The fraction of sp³-hybridized carbons (Fsp3) is 0.333. The van der Waals surface area contributed by atoms with Crippen molar-refractivity contribution < 1.29 is 14.2 Å². The zero-order valence-electron chi connectivity index (χ0n) is 11.0. The van der Waals surface area contributed by atoms with Gasteiger partial charge in [-0.3, -0.25) is 0 Å². The predicted molar refractivity (Wildman–Crippen MR) is 70.9 cm³/mol. The standard InChI is InChI=1S/C15H18O3/c1-16-14-11-15(17-2,18-3)10-9-13(14)12-7-5-4-6-8-12/h4-9,11H,10H2,1-3H3. The molecule has 2 rings (SSSR count). The van der Waals surface area contributed by atoms with Crippen LogP contribution < -0.4 is 0 Å². The largest absolute Gasteiger partial charge is 0.496 e. The second-order valence-electron chi connectivity index (χ2n) is 4.12. The number of benzene rings is 1. The van der Waals surface area contributed by atoms with E-state index in [-0.39, 0.29) is 0 Å². The van der Waals surface area contributed by atoms with Gasteiger partial charge in [0.25, 0.3) is 0 Å². The SMILES string of the molecule is COC1=CC(OC)(OC)CC=C1c1ccccc1. The Hall–Kier alpha value is -1.58. The maximum atomic E-state index is 5.45. The summed E-state index contributed by atoms with van der Waals surface area (Å²) in [4.78, 5) is 0. The lowest BCUT2D eigenvalue weighted by atomic mass is 9.94. The molecule has 18 heavy (non-hydrogen) atoms. The highest BCUT2D eigenvalue weighted by atomic mass is 16.7. The van der Waals surface area contributed by atoms with Crippen molar-refractivity contribution in [3.8, 4) is 0 Å². The van der Waals surface area contributed by atoms with E-state index in [4.69, 9.17) is 14.2 Å². The molecule has 0 aliphatic heterocycles. The van der Waals surface area contributed by atoms with Crippen LogP contribution in [0.25, 0.3) is 5.57 Å². The molecule has 96 valence electrons. The quantitative estimate of drug-likeness (QED) is 0.764. The molecular weight excluding hydrogens is 228 g/mol. The zero-order chi connectivity index (χ0) is 13.0. The molecule has 3 heteroatoms. The van der Waals surface area contributed by atoms with E-state index in [1.54, 1.807) is 21.3 Å². The number of methoxy groups -OCH3 is 3. The van der Waals surface area contributed by atoms with Gasteiger partial charge in [0.1, 0.15) is 5.76 Å². The minimum absolute atomic E-state index is 0.664. The Bertz CT molecular complexity index is 456. The molecule has 1 aliphatic rings. The Morgan fingerprint density at radius 3 is 2.22 bits per heavy atom. The third-order valence-electron chi connectivity index (χ3n) is 3.20. The van der Waals surface area contributed by atoms with Crippen molar-refractivity contribution in [2.75, 3.05) is 21.3 Å². The highest BCUT2D eigenvalue weighted by Gasteiger charge is 2.31. The van der Waals surface area contributed by atoms with Crippen LogP contribution in [0.5, 0.6) is 0 Å². The summed E-state index contributed by atoms with van der Waals surface area (Å²) in [6, 6.07) is 10.1. The van der Waals surface area contributed by atoms with Gasteiger partial charge in [-0.1, -0.05) is 36.4 Å². The topological polar surface area (TPSA) is 27.7 Å². The minimum Gasteiger partial charge on any atom is -0.496 e. The van der Waals surface area contributed by atoms with Gasteiger partial charge in [-0.2, -0.15) is 0 Å². The van der Waals surface area contributed by atoms with E-state index in [1.807, 2.05) is 24.3 Å². The van der Waals surface area contributed by atoms with E-state index in [0.717, 1.165) is 16.9 Å². The van der Waals surface area contributed by atoms with Crippen molar-refractivity contribution in [1.29, 1.82) is 0 Å². The van der Waals surface area contributed by atoms with Gasteiger partial charge in [-0.05, 0) is 5.56 Å². The molecule has 1 aromatic rings. The normalized spacial score (nSPS) is 17.9. The van der Waals surface area contributed by atoms with Crippen molar-refractivity contribution in [3.05, 3.63) is 53.8 Å². The van der Waals surface area contributed by atoms with E-state index >= 15 is 0 Å². The van der Waals surface area contributed by atoms with Gasteiger partial charge in [0, 0.05) is 32.3 Å². The number of hydrogen-bond donors (Lipinski definition) is 0. The third-order valence-corrected chi connectivity index (χ3v) is 3.20.